The second-order valence-electron chi connectivity index (χ2n) is 4.83. The topological polar surface area (TPSA) is 61.4 Å². The lowest BCUT2D eigenvalue weighted by Gasteiger charge is -2.36. The summed E-state index contributed by atoms with van der Waals surface area (Å²) in [6.45, 7) is 0.205. The zero-order valence-electron chi connectivity index (χ0n) is 10.4. The lowest BCUT2D eigenvalue weighted by molar-refractivity contribution is -0.115. The number of aliphatic hydroxyl groups is 1. The maximum atomic E-state index is 13.3. The zero-order valence-corrected chi connectivity index (χ0v) is 10.4. The minimum Gasteiger partial charge on any atom is -0.389 e. The number of benzene rings is 1. The number of carbonyl (C=O) groups excluding carboxylic acids is 1. The summed E-state index contributed by atoms with van der Waals surface area (Å²) in [6.07, 6.45) is 2.40. The van der Waals surface area contributed by atoms with Crippen molar-refractivity contribution in [1.29, 1.82) is 0 Å². The molecule has 1 aromatic rings. The number of anilines is 1. The highest BCUT2D eigenvalue weighted by Gasteiger charge is 2.33. The van der Waals surface area contributed by atoms with Crippen molar-refractivity contribution >= 4 is 11.6 Å². The summed E-state index contributed by atoms with van der Waals surface area (Å²) >= 11 is 0. The van der Waals surface area contributed by atoms with Crippen molar-refractivity contribution in [2.24, 2.45) is 0 Å². The molecule has 0 aliphatic heterocycles. The van der Waals surface area contributed by atoms with Crippen molar-refractivity contribution in [1.82, 2.24) is 5.32 Å². The molecular formula is C13H16F2N2O2. The SMILES string of the molecule is O=C(CNCC1(O)CCC1)Nc1c(F)cccc1F. The Morgan fingerprint density at radius 1 is 1.32 bits per heavy atom. The Bertz CT molecular complexity index is 455. The van der Waals surface area contributed by atoms with E-state index in [4.69, 9.17) is 0 Å². The van der Waals surface area contributed by atoms with Crippen LogP contribution in [0, 0.1) is 11.6 Å². The molecular weight excluding hydrogens is 254 g/mol. The summed E-state index contributed by atoms with van der Waals surface area (Å²) in [5, 5.41) is 14.7. The fraction of sp³-hybridized carbons (Fsp3) is 0.462. The van der Waals surface area contributed by atoms with E-state index in [1.54, 1.807) is 0 Å². The summed E-state index contributed by atoms with van der Waals surface area (Å²) in [5.41, 5.74) is -1.18. The Morgan fingerprint density at radius 2 is 1.95 bits per heavy atom. The quantitative estimate of drug-likeness (QED) is 0.758. The Kier molecular flexibility index (Phi) is 4.11. The highest BCUT2D eigenvalue weighted by Crippen LogP contribution is 2.30. The third kappa shape index (κ3) is 3.48. The van der Waals surface area contributed by atoms with Gasteiger partial charge in [-0.25, -0.2) is 8.78 Å². The van der Waals surface area contributed by atoms with E-state index in [0.29, 0.717) is 19.4 Å². The van der Waals surface area contributed by atoms with Gasteiger partial charge in [0.2, 0.25) is 5.91 Å². The fourth-order valence-electron chi connectivity index (χ4n) is 1.97. The van der Waals surface area contributed by atoms with Crippen LogP contribution in [0.4, 0.5) is 14.5 Å². The first kappa shape index (κ1) is 13.9. The van der Waals surface area contributed by atoms with Crippen LogP contribution in [0.1, 0.15) is 19.3 Å². The molecule has 0 aromatic heterocycles. The average molecular weight is 270 g/mol. The first-order chi connectivity index (χ1) is 9.00. The van der Waals surface area contributed by atoms with Gasteiger partial charge in [-0.05, 0) is 31.4 Å². The minimum absolute atomic E-state index is 0.101. The lowest BCUT2D eigenvalue weighted by Crippen LogP contribution is -2.47. The number of nitrogens with one attached hydrogen (secondary N) is 2. The van der Waals surface area contributed by atoms with E-state index in [1.165, 1.54) is 6.07 Å². The van der Waals surface area contributed by atoms with Gasteiger partial charge in [-0.2, -0.15) is 0 Å². The van der Waals surface area contributed by atoms with Crippen molar-refractivity contribution in [3.8, 4) is 0 Å². The molecule has 0 radical (unpaired) electrons. The van der Waals surface area contributed by atoms with Crippen molar-refractivity contribution in [2.45, 2.75) is 24.9 Å². The van der Waals surface area contributed by atoms with Gasteiger partial charge in [0.25, 0.3) is 0 Å². The molecule has 6 heteroatoms. The number of hydrogen-bond donors (Lipinski definition) is 3. The van der Waals surface area contributed by atoms with E-state index in [2.05, 4.69) is 10.6 Å². The summed E-state index contributed by atoms with van der Waals surface area (Å²) in [4.78, 5) is 11.5. The van der Waals surface area contributed by atoms with Crippen LogP contribution in [0.15, 0.2) is 18.2 Å². The summed E-state index contributed by atoms with van der Waals surface area (Å²) in [7, 11) is 0. The van der Waals surface area contributed by atoms with Crippen LogP contribution in [0.5, 0.6) is 0 Å². The van der Waals surface area contributed by atoms with E-state index < -0.39 is 28.8 Å². The number of rotatable bonds is 5. The number of carbonyl (C=O) groups is 1. The van der Waals surface area contributed by atoms with Gasteiger partial charge in [0.15, 0.2) is 0 Å². The summed E-state index contributed by atoms with van der Waals surface area (Å²) in [6, 6.07) is 3.37. The van der Waals surface area contributed by atoms with Crippen LogP contribution in [0.25, 0.3) is 0 Å². The predicted octanol–water partition coefficient (Wildman–Crippen LogP) is 1.41. The van der Waals surface area contributed by atoms with Crippen LogP contribution < -0.4 is 10.6 Å². The molecule has 0 atom stereocenters. The molecule has 0 bridgehead atoms. The number of hydrogen-bond acceptors (Lipinski definition) is 3. The molecule has 104 valence electrons. The Balaban J connectivity index is 1.81. The highest BCUT2D eigenvalue weighted by molar-refractivity contribution is 5.92. The van der Waals surface area contributed by atoms with Crippen molar-refractivity contribution in [2.75, 3.05) is 18.4 Å². The Hall–Kier alpha value is -1.53. The van der Waals surface area contributed by atoms with Crippen molar-refractivity contribution in [3.63, 3.8) is 0 Å². The largest absolute Gasteiger partial charge is 0.389 e. The Morgan fingerprint density at radius 3 is 2.47 bits per heavy atom. The number of amides is 1. The minimum atomic E-state index is -0.814. The third-order valence-electron chi connectivity index (χ3n) is 3.25. The van der Waals surface area contributed by atoms with E-state index in [1.807, 2.05) is 0 Å². The molecule has 3 N–H and O–H groups in total. The molecule has 0 saturated heterocycles. The monoisotopic (exact) mass is 270 g/mol. The second-order valence-corrected chi connectivity index (χ2v) is 4.83. The smallest absolute Gasteiger partial charge is 0.238 e. The number of halogens is 2. The normalized spacial score (nSPS) is 16.8. The van der Waals surface area contributed by atoms with Gasteiger partial charge in [0.1, 0.15) is 17.3 Å². The van der Waals surface area contributed by atoms with Gasteiger partial charge in [-0.3, -0.25) is 4.79 Å². The molecule has 1 saturated carbocycles. The summed E-state index contributed by atoms with van der Waals surface area (Å²) < 4.78 is 26.5. The van der Waals surface area contributed by atoms with Crippen molar-refractivity contribution < 1.29 is 18.7 Å². The lowest BCUT2D eigenvalue weighted by atomic mass is 9.80. The molecule has 0 spiro atoms. The standard InChI is InChI=1S/C13H16F2N2O2/c14-9-3-1-4-10(15)12(9)17-11(18)7-16-8-13(19)5-2-6-13/h1,3-4,16,19H,2,5-8H2,(H,17,18). The molecule has 1 amide bonds. The molecule has 4 nitrogen and oxygen atoms in total. The van der Waals surface area contributed by atoms with Crippen LogP contribution in [-0.2, 0) is 4.79 Å². The van der Waals surface area contributed by atoms with Crippen LogP contribution >= 0.6 is 0 Å². The number of para-hydroxylation sites is 1. The van der Waals surface area contributed by atoms with Crippen LogP contribution in [0.2, 0.25) is 0 Å². The van der Waals surface area contributed by atoms with Gasteiger partial charge < -0.3 is 15.7 Å². The summed E-state index contributed by atoms with van der Waals surface area (Å²) in [5.74, 6) is -2.18. The highest BCUT2D eigenvalue weighted by atomic mass is 19.1. The third-order valence-corrected chi connectivity index (χ3v) is 3.25. The first-order valence-electron chi connectivity index (χ1n) is 6.17. The van der Waals surface area contributed by atoms with Gasteiger partial charge >= 0.3 is 0 Å². The van der Waals surface area contributed by atoms with E-state index in [-0.39, 0.29) is 6.54 Å². The second kappa shape index (κ2) is 5.63. The predicted molar refractivity (Wildman–Crippen MR) is 66.7 cm³/mol. The van der Waals surface area contributed by atoms with Gasteiger partial charge in [0.05, 0.1) is 12.1 Å². The molecule has 0 unspecified atom stereocenters. The van der Waals surface area contributed by atoms with E-state index in [0.717, 1.165) is 18.6 Å². The molecule has 1 aliphatic rings. The van der Waals surface area contributed by atoms with E-state index >= 15 is 0 Å². The molecule has 2 rings (SSSR count). The molecule has 1 fully saturated rings. The molecule has 0 heterocycles. The fourth-order valence-corrected chi connectivity index (χ4v) is 1.97. The maximum Gasteiger partial charge on any atom is 0.238 e. The Labute approximate surface area is 109 Å². The van der Waals surface area contributed by atoms with Gasteiger partial charge in [-0.15, -0.1) is 0 Å². The van der Waals surface area contributed by atoms with Gasteiger partial charge in [-0.1, -0.05) is 6.07 Å². The van der Waals surface area contributed by atoms with E-state index in [9.17, 15) is 18.7 Å². The molecule has 1 aliphatic carbocycles. The molecule has 19 heavy (non-hydrogen) atoms. The zero-order chi connectivity index (χ0) is 13.9. The van der Waals surface area contributed by atoms with Crippen molar-refractivity contribution in [3.05, 3.63) is 29.8 Å². The van der Waals surface area contributed by atoms with Crippen LogP contribution in [0.3, 0.4) is 0 Å². The average Bonchev–Trinajstić information content (AvgIpc) is 2.32. The van der Waals surface area contributed by atoms with Gasteiger partial charge in [0, 0.05) is 6.54 Å². The van der Waals surface area contributed by atoms with Crippen LogP contribution in [-0.4, -0.2) is 29.7 Å². The first-order valence-corrected chi connectivity index (χ1v) is 6.17. The maximum absolute atomic E-state index is 13.3. The molecule has 1 aromatic carbocycles.